The van der Waals surface area contributed by atoms with E-state index >= 15 is 0 Å². The zero-order valence-electron chi connectivity index (χ0n) is 10.4. The first kappa shape index (κ1) is 12.9. The van der Waals surface area contributed by atoms with Crippen LogP contribution in [0.15, 0.2) is 12.3 Å². The van der Waals surface area contributed by atoms with Crippen LogP contribution in [0, 0.1) is 11.8 Å². The molecule has 0 bridgehead atoms. The highest BCUT2D eigenvalue weighted by Gasteiger charge is 2.28. The van der Waals surface area contributed by atoms with Gasteiger partial charge in [-0.05, 0) is 20.0 Å². The van der Waals surface area contributed by atoms with Crippen LogP contribution in [-0.4, -0.2) is 53.4 Å². The van der Waals surface area contributed by atoms with Crippen LogP contribution < -0.4 is 0 Å². The summed E-state index contributed by atoms with van der Waals surface area (Å²) in [6, 6.07) is 1.19. The van der Waals surface area contributed by atoms with Gasteiger partial charge in [0, 0.05) is 31.9 Å². The lowest BCUT2D eigenvalue weighted by Gasteiger charge is -2.38. The molecule has 1 atom stereocenters. The number of piperazine rings is 1. The van der Waals surface area contributed by atoms with Crippen LogP contribution in [0.4, 0.5) is 8.78 Å². The molecule has 0 spiro atoms. The van der Waals surface area contributed by atoms with Gasteiger partial charge in [-0.15, -0.1) is 0 Å². The number of rotatable bonds is 1. The zero-order chi connectivity index (χ0) is 13.3. The number of aromatic nitrogens is 1. The average molecular weight is 255 g/mol. The number of halogens is 2. The molecule has 4 nitrogen and oxygen atoms in total. The van der Waals surface area contributed by atoms with Crippen molar-refractivity contribution in [3.63, 3.8) is 0 Å². The van der Waals surface area contributed by atoms with E-state index in [-0.39, 0.29) is 11.6 Å². The maximum atomic E-state index is 13.5. The van der Waals surface area contributed by atoms with Crippen molar-refractivity contribution in [3.05, 3.63) is 29.6 Å². The van der Waals surface area contributed by atoms with E-state index in [1.165, 1.54) is 6.07 Å². The molecule has 6 heteroatoms. The lowest BCUT2D eigenvalue weighted by molar-refractivity contribution is 0.0527. The first-order chi connectivity index (χ1) is 8.50. The number of amides is 1. The number of carbonyl (C=O) groups excluding carboxylic acids is 1. The number of pyridine rings is 1. The Labute approximate surface area is 104 Å². The molecule has 1 aromatic heterocycles. The number of nitrogens with zero attached hydrogens (tertiary/aromatic N) is 3. The molecule has 2 rings (SSSR count). The molecule has 0 radical (unpaired) electrons. The minimum atomic E-state index is -1.23. The fraction of sp³-hybridized carbons (Fsp3) is 0.500. The molecular weight excluding hydrogens is 240 g/mol. The summed E-state index contributed by atoms with van der Waals surface area (Å²) in [4.78, 5) is 19.0. The predicted octanol–water partition coefficient (Wildman–Crippen LogP) is 1.14. The molecule has 1 aliphatic heterocycles. The van der Waals surface area contributed by atoms with E-state index in [1.54, 1.807) is 4.90 Å². The Balaban J connectivity index is 2.23. The monoisotopic (exact) mass is 255 g/mol. The normalized spacial score (nSPS) is 21.1. The van der Waals surface area contributed by atoms with Gasteiger partial charge in [-0.2, -0.15) is 4.39 Å². The Bertz CT molecular complexity index is 467. The fourth-order valence-corrected chi connectivity index (χ4v) is 2.18. The molecule has 1 fully saturated rings. The standard InChI is InChI=1S/C12H15F2N3O/c1-8-7-16(2)5-6-17(8)12(18)9-3-4-15-11(14)10(9)13/h3-4,8H,5-7H2,1-2H3. The van der Waals surface area contributed by atoms with Gasteiger partial charge >= 0.3 is 0 Å². The molecular formula is C12H15F2N3O. The average Bonchev–Trinajstić information content (AvgIpc) is 2.32. The quantitative estimate of drug-likeness (QED) is 0.706. The SMILES string of the molecule is CC1CN(C)CCN1C(=O)c1ccnc(F)c1F. The van der Waals surface area contributed by atoms with Crippen LogP contribution in [0.25, 0.3) is 0 Å². The van der Waals surface area contributed by atoms with Crippen molar-refractivity contribution in [2.75, 3.05) is 26.7 Å². The van der Waals surface area contributed by atoms with E-state index in [1.807, 2.05) is 14.0 Å². The maximum absolute atomic E-state index is 13.5. The van der Waals surface area contributed by atoms with Gasteiger partial charge in [-0.1, -0.05) is 0 Å². The van der Waals surface area contributed by atoms with E-state index in [2.05, 4.69) is 9.88 Å². The van der Waals surface area contributed by atoms with E-state index in [9.17, 15) is 13.6 Å². The largest absolute Gasteiger partial charge is 0.333 e. The van der Waals surface area contributed by atoms with E-state index in [4.69, 9.17) is 0 Å². The van der Waals surface area contributed by atoms with Gasteiger partial charge in [0.05, 0.1) is 5.56 Å². The third-order valence-electron chi connectivity index (χ3n) is 3.17. The predicted molar refractivity (Wildman–Crippen MR) is 62.1 cm³/mol. The van der Waals surface area contributed by atoms with Gasteiger partial charge < -0.3 is 9.80 Å². The van der Waals surface area contributed by atoms with Crippen molar-refractivity contribution >= 4 is 5.91 Å². The molecule has 0 aliphatic carbocycles. The Kier molecular flexibility index (Phi) is 3.56. The van der Waals surface area contributed by atoms with Gasteiger partial charge in [0.1, 0.15) is 0 Å². The molecule has 18 heavy (non-hydrogen) atoms. The highest BCUT2D eigenvalue weighted by atomic mass is 19.2. The van der Waals surface area contributed by atoms with Crippen LogP contribution in [0.5, 0.6) is 0 Å². The zero-order valence-corrected chi connectivity index (χ0v) is 10.4. The molecule has 1 unspecified atom stereocenters. The summed E-state index contributed by atoms with van der Waals surface area (Å²) in [6.07, 6.45) is 1.10. The molecule has 1 amide bonds. The summed E-state index contributed by atoms with van der Waals surface area (Å²) >= 11 is 0. The second-order valence-electron chi connectivity index (χ2n) is 4.57. The summed E-state index contributed by atoms with van der Waals surface area (Å²) < 4.78 is 26.5. The Morgan fingerprint density at radius 2 is 2.17 bits per heavy atom. The highest BCUT2D eigenvalue weighted by molar-refractivity contribution is 5.94. The van der Waals surface area contributed by atoms with Crippen molar-refractivity contribution in [1.82, 2.24) is 14.8 Å². The third kappa shape index (κ3) is 2.33. The van der Waals surface area contributed by atoms with Crippen molar-refractivity contribution in [2.24, 2.45) is 0 Å². The lowest BCUT2D eigenvalue weighted by atomic mass is 10.1. The van der Waals surface area contributed by atoms with Gasteiger partial charge in [0.25, 0.3) is 5.91 Å². The minimum Gasteiger partial charge on any atom is -0.333 e. The lowest BCUT2D eigenvalue weighted by Crippen LogP contribution is -2.52. The highest BCUT2D eigenvalue weighted by Crippen LogP contribution is 2.16. The molecule has 0 saturated carbocycles. The molecule has 1 aromatic rings. The Morgan fingerprint density at radius 1 is 1.44 bits per heavy atom. The van der Waals surface area contributed by atoms with Crippen LogP contribution in [0.1, 0.15) is 17.3 Å². The summed E-state index contributed by atoms with van der Waals surface area (Å²) in [5.41, 5.74) is -0.251. The Hall–Kier alpha value is -1.56. The van der Waals surface area contributed by atoms with Crippen LogP contribution in [0.2, 0.25) is 0 Å². The van der Waals surface area contributed by atoms with Gasteiger partial charge in [-0.25, -0.2) is 9.37 Å². The third-order valence-corrected chi connectivity index (χ3v) is 3.17. The minimum absolute atomic E-state index is 0.0214. The van der Waals surface area contributed by atoms with E-state index < -0.39 is 17.7 Å². The van der Waals surface area contributed by atoms with Crippen molar-refractivity contribution < 1.29 is 13.6 Å². The molecule has 0 aromatic carbocycles. The van der Waals surface area contributed by atoms with Crippen LogP contribution in [-0.2, 0) is 0 Å². The number of hydrogen-bond donors (Lipinski definition) is 0. The van der Waals surface area contributed by atoms with Gasteiger partial charge in [0.2, 0.25) is 5.95 Å². The summed E-state index contributed by atoms with van der Waals surface area (Å²) in [7, 11) is 1.96. The van der Waals surface area contributed by atoms with Crippen LogP contribution >= 0.6 is 0 Å². The Morgan fingerprint density at radius 3 is 2.83 bits per heavy atom. The topological polar surface area (TPSA) is 36.4 Å². The fourth-order valence-electron chi connectivity index (χ4n) is 2.18. The summed E-state index contributed by atoms with van der Waals surface area (Å²) in [6.45, 7) is 3.86. The van der Waals surface area contributed by atoms with E-state index in [0.717, 1.165) is 19.3 Å². The molecule has 1 saturated heterocycles. The van der Waals surface area contributed by atoms with E-state index in [0.29, 0.717) is 6.54 Å². The second-order valence-corrected chi connectivity index (χ2v) is 4.57. The number of hydrogen-bond acceptors (Lipinski definition) is 3. The molecule has 98 valence electrons. The molecule has 0 N–H and O–H groups in total. The van der Waals surface area contributed by atoms with Crippen molar-refractivity contribution in [3.8, 4) is 0 Å². The van der Waals surface area contributed by atoms with Crippen molar-refractivity contribution in [2.45, 2.75) is 13.0 Å². The number of likely N-dealkylation sites (N-methyl/N-ethyl adjacent to an activating group) is 1. The first-order valence-corrected chi connectivity index (χ1v) is 5.80. The summed E-state index contributed by atoms with van der Waals surface area (Å²) in [5.74, 6) is -2.88. The number of carbonyl (C=O) groups is 1. The van der Waals surface area contributed by atoms with Gasteiger partial charge in [0.15, 0.2) is 5.82 Å². The van der Waals surface area contributed by atoms with Crippen LogP contribution in [0.3, 0.4) is 0 Å². The van der Waals surface area contributed by atoms with Crippen molar-refractivity contribution in [1.29, 1.82) is 0 Å². The first-order valence-electron chi connectivity index (χ1n) is 5.80. The molecule has 2 heterocycles. The maximum Gasteiger partial charge on any atom is 0.257 e. The summed E-state index contributed by atoms with van der Waals surface area (Å²) in [5, 5.41) is 0. The van der Waals surface area contributed by atoms with Gasteiger partial charge in [-0.3, -0.25) is 4.79 Å². The molecule has 1 aliphatic rings. The smallest absolute Gasteiger partial charge is 0.257 e. The second kappa shape index (κ2) is 4.97.